The zero-order valence-corrected chi connectivity index (χ0v) is 15.9. The highest BCUT2D eigenvalue weighted by molar-refractivity contribution is 5.70. The summed E-state index contributed by atoms with van der Waals surface area (Å²) in [4.78, 5) is 22.9. The monoisotopic (exact) mass is 387 g/mol. The number of methoxy groups -OCH3 is 1. The second-order valence-electron chi connectivity index (χ2n) is 6.34. The fraction of sp³-hybridized carbons (Fsp3) is 0.381. The molecule has 0 aromatic heterocycles. The Balaban J connectivity index is 2.38. The second kappa shape index (κ2) is 11.6. The van der Waals surface area contributed by atoms with Crippen molar-refractivity contribution in [1.82, 2.24) is 0 Å². The Kier molecular flexibility index (Phi) is 8.78. The predicted octanol–water partition coefficient (Wildman–Crippen LogP) is 3.65. The topological polar surface area (TPSA) is 87.9 Å². The highest BCUT2D eigenvalue weighted by Crippen LogP contribution is 2.33. The normalized spacial score (nSPS) is 23.5. The zero-order valence-electron chi connectivity index (χ0n) is 15.9. The molecule has 7 heteroatoms. The Morgan fingerprint density at radius 1 is 1.25 bits per heavy atom. The lowest BCUT2D eigenvalue weighted by atomic mass is 9.81. The number of nitrogens with zero attached hydrogens (tertiary/aromatic N) is 1. The van der Waals surface area contributed by atoms with Gasteiger partial charge in [-0.2, -0.15) is 0 Å². The van der Waals surface area contributed by atoms with Gasteiger partial charge in [-0.15, -0.1) is 0 Å². The lowest BCUT2D eigenvalue weighted by Crippen LogP contribution is -2.24. The van der Waals surface area contributed by atoms with E-state index in [-0.39, 0.29) is 29.7 Å². The Hall–Kier alpha value is -3.09. The summed E-state index contributed by atoms with van der Waals surface area (Å²) in [5.41, 5.74) is 0.818. The number of rotatable bonds is 4. The average Bonchev–Trinajstić information content (AvgIpc) is 2.68. The van der Waals surface area contributed by atoms with E-state index in [2.05, 4.69) is 0 Å². The van der Waals surface area contributed by atoms with Crippen molar-refractivity contribution in [1.29, 1.82) is 0 Å². The van der Waals surface area contributed by atoms with E-state index in [1.54, 1.807) is 18.4 Å². The van der Waals surface area contributed by atoms with E-state index in [9.17, 15) is 14.9 Å². The fourth-order valence-corrected chi connectivity index (χ4v) is 3.04. The van der Waals surface area contributed by atoms with E-state index in [1.807, 2.05) is 42.5 Å². The molecule has 2 bridgehead atoms. The lowest BCUT2D eigenvalue weighted by molar-refractivity contribution is -0.488. The summed E-state index contributed by atoms with van der Waals surface area (Å²) in [6, 6.07) is 7.34. The number of ether oxygens (including phenoxy) is 3. The number of esters is 1. The zero-order chi connectivity index (χ0) is 20.2. The van der Waals surface area contributed by atoms with E-state index in [0.29, 0.717) is 25.4 Å². The van der Waals surface area contributed by atoms with Crippen molar-refractivity contribution in [2.75, 3.05) is 26.9 Å². The van der Waals surface area contributed by atoms with Gasteiger partial charge in [-0.25, -0.2) is 0 Å². The van der Waals surface area contributed by atoms with Gasteiger partial charge >= 0.3 is 5.97 Å². The van der Waals surface area contributed by atoms with E-state index >= 15 is 0 Å². The van der Waals surface area contributed by atoms with Crippen molar-refractivity contribution >= 4 is 5.97 Å². The van der Waals surface area contributed by atoms with Gasteiger partial charge < -0.3 is 14.2 Å². The molecular weight excluding hydrogens is 362 g/mol. The van der Waals surface area contributed by atoms with E-state index in [1.165, 1.54) is 7.11 Å². The quantitative estimate of drug-likeness (QED) is 0.339. The number of hydrogen-bond donors (Lipinski definition) is 0. The predicted molar refractivity (Wildman–Crippen MR) is 105 cm³/mol. The maximum absolute atomic E-state index is 12.0. The van der Waals surface area contributed by atoms with Crippen LogP contribution < -0.4 is 4.74 Å². The van der Waals surface area contributed by atoms with Crippen LogP contribution in [0.1, 0.15) is 24.3 Å². The van der Waals surface area contributed by atoms with Crippen molar-refractivity contribution in [3.63, 3.8) is 0 Å². The molecule has 2 atom stereocenters. The molecule has 0 fully saturated rings. The van der Waals surface area contributed by atoms with Crippen molar-refractivity contribution in [2.24, 2.45) is 5.92 Å². The number of allylic oxidation sites excluding steroid dienone is 3. The first-order valence-corrected chi connectivity index (χ1v) is 9.09. The third-order valence-electron chi connectivity index (χ3n) is 4.42. The Bertz CT molecular complexity index is 740. The summed E-state index contributed by atoms with van der Waals surface area (Å²) in [7, 11) is 1.32. The van der Waals surface area contributed by atoms with Crippen LogP contribution >= 0.6 is 0 Å². The van der Waals surface area contributed by atoms with Crippen LogP contribution in [0.5, 0.6) is 5.75 Å². The smallest absolute Gasteiger partial charge is 0.306 e. The van der Waals surface area contributed by atoms with Gasteiger partial charge in [0, 0.05) is 16.8 Å². The molecule has 1 aromatic rings. The minimum Gasteiger partial charge on any atom is -0.497 e. The van der Waals surface area contributed by atoms with Crippen LogP contribution in [0.25, 0.3) is 0 Å². The van der Waals surface area contributed by atoms with Crippen LogP contribution in [0.3, 0.4) is 0 Å². The number of benzene rings is 1. The third-order valence-corrected chi connectivity index (χ3v) is 4.42. The first kappa shape index (κ1) is 21.2. The molecule has 0 saturated heterocycles. The molecule has 0 unspecified atom stereocenters. The van der Waals surface area contributed by atoms with Crippen LogP contribution in [0.4, 0.5) is 0 Å². The molecule has 1 aromatic carbocycles. The molecule has 0 amide bonds. The molecule has 0 aliphatic carbocycles. The van der Waals surface area contributed by atoms with E-state index in [4.69, 9.17) is 14.2 Å². The maximum Gasteiger partial charge on any atom is 0.306 e. The lowest BCUT2D eigenvalue weighted by Gasteiger charge is -2.23. The largest absolute Gasteiger partial charge is 0.497 e. The first-order chi connectivity index (χ1) is 13.6. The molecule has 1 aliphatic heterocycles. The molecule has 0 spiro atoms. The van der Waals surface area contributed by atoms with Crippen LogP contribution in [-0.2, 0) is 14.3 Å². The average molecular weight is 387 g/mol. The van der Waals surface area contributed by atoms with Crippen molar-refractivity contribution < 1.29 is 23.9 Å². The van der Waals surface area contributed by atoms with Crippen molar-refractivity contribution in [2.45, 2.75) is 18.8 Å². The van der Waals surface area contributed by atoms with Crippen molar-refractivity contribution in [3.05, 3.63) is 76.6 Å². The maximum atomic E-state index is 12.0. The molecule has 1 heterocycles. The van der Waals surface area contributed by atoms with Gasteiger partial charge in [0.15, 0.2) is 0 Å². The molecule has 28 heavy (non-hydrogen) atoms. The van der Waals surface area contributed by atoms with E-state index in [0.717, 1.165) is 5.56 Å². The van der Waals surface area contributed by atoms with Gasteiger partial charge in [0.1, 0.15) is 19.0 Å². The summed E-state index contributed by atoms with van der Waals surface area (Å²) in [6.45, 7) is 0.551. The molecule has 0 radical (unpaired) electrons. The van der Waals surface area contributed by atoms with E-state index < -0.39 is 5.97 Å². The van der Waals surface area contributed by atoms with Gasteiger partial charge in [-0.1, -0.05) is 24.3 Å². The first-order valence-electron chi connectivity index (χ1n) is 9.09. The second-order valence-corrected chi connectivity index (χ2v) is 6.34. The summed E-state index contributed by atoms with van der Waals surface area (Å²) in [5, 5.41) is 11.3. The fourth-order valence-electron chi connectivity index (χ4n) is 3.04. The Labute approximate surface area is 164 Å². The number of carbonyl (C=O) groups is 1. The van der Waals surface area contributed by atoms with Gasteiger partial charge in [-0.05, 0) is 42.3 Å². The molecular formula is C21H25NO6. The van der Waals surface area contributed by atoms with Crippen LogP contribution in [0, 0.1) is 16.0 Å². The molecule has 150 valence electrons. The third kappa shape index (κ3) is 7.26. The SMILES string of the molecule is COC(=O)C[C@H]1c2cccc(c2)OC/C=C/CO/C=C/C=C\C[C@@H]1C[N+](=O)[O-]. The Morgan fingerprint density at radius 3 is 2.86 bits per heavy atom. The number of carbonyl (C=O) groups excluding carboxylic acids is 1. The summed E-state index contributed by atoms with van der Waals surface area (Å²) >= 11 is 0. The van der Waals surface area contributed by atoms with Crippen LogP contribution in [0.15, 0.2) is 60.9 Å². The van der Waals surface area contributed by atoms with Gasteiger partial charge in [0.25, 0.3) is 0 Å². The molecule has 0 saturated carbocycles. The molecule has 7 nitrogen and oxygen atoms in total. The molecule has 2 rings (SSSR count). The standard InChI is InChI=1S/C21H25NO6/c1-26-21(23)15-20-17-9-7-10-19(14-17)28-13-6-5-12-27-11-4-2-3-8-18(20)16-22(24)25/h2-7,9-11,14,18,20H,8,12-13,15-16H2,1H3/b3-2-,6-5+,11-4+/t18-,20+/m1/s1. The highest BCUT2D eigenvalue weighted by atomic mass is 16.6. The van der Waals surface area contributed by atoms with Crippen molar-refractivity contribution in [3.8, 4) is 5.75 Å². The van der Waals surface area contributed by atoms with Crippen LogP contribution in [0.2, 0.25) is 0 Å². The van der Waals surface area contributed by atoms with Gasteiger partial charge in [0.05, 0.1) is 19.8 Å². The molecule has 1 aliphatic rings. The summed E-state index contributed by atoms with van der Waals surface area (Å²) in [5.74, 6) is -0.503. The Morgan fingerprint density at radius 2 is 2.07 bits per heavy atom. The number of hydrogen-bond acceptors (Lipinski definition) is 6. The number of fused-ring (bicyclic) bond motifs is 2. The summed E-state index contributed by atoms with van der Waals surface area (Å²) < 4.78 is 15.9. The highest BCUT2D eigenvalue weighted by Gasteiger charge is 2.29. The summed E-state index contributed by atoms with van der Waals surface area (Å²) in [6.07, 6.45) is 11.1. The number of nitro groups is 1. The molecule has 0 N–H and O–H groups in total. The van der Waals surface area contributed by atoms with Crippen LogP contribution in [-0.4, -0.2) is 37.8 Å². The van der Waals surface area contributed by atoms with Gasteiger partial charge in [-0.3, -0.25) is 14.9 Å². The minimum absolute atomic E-state index is 0.0607. The van der Waals surface area contributed by atoms with Gasteiger partial charge in [0.2, 0.25) is 6.54 Å². The minimum atomic E-state index is -0.403.